The van der Waals surface area contributed by atoms with Gasteiger partial charge in [0.25, 0.3) is 0 Å². The second-order valence-electron chi connectivity index (χ2n) is 5.06. The predicted molar refractivity (Wildman–Crippen MR) is 81.7 cm³/mol. The molecule has 1 atom stereocenters. The average molecular weight is 314 g/mol. The lowest BCUT2D eigenvalue weighted by atomic mass is 10.0. The van der Waals surface area contributed by atoms with Gasteiger partial charge in [0, 0.05) is 23.6 Å². The van der Waals surface area contributed by atoms with Crippen molar-refractivity contribution in [2.24, 2.45) is 5.73 Å². The van der Waals surface area contributed by atoms with E-state index in [1.807, 2.05) is 12.1 Å². The lowest BCUT2D eigenvalue weighted by Gasteiger charge is -2.21. The minimum Gasteiger partial charge on any atom is -0.324 e. The van der Waals surface area contributed by atoms with E-state index in [-0.39, 0.29) is 6.04 Å². The molecule has 1 aromatic rings. The Labute approximate surface area is 119 Å². The minimum atomic E-state index is 0.115. The zero-order valence-corrected chi connectivity index (χ0v) is 13.2. The molecule has 0 saturated heterocycles. The molecule has 1 aromatic carbocycles. The van der Waals surface area contributed by atoms with Gasteiger partial charge in [0.15, 0.2) is 0 Å². The summed E-state index contributed by atoms with van der Waals surface area (Å²) in [5.74, 6) is 0. The molecule has 1 rings (SSSR count). The summed E-state index contributed by atoms with van der Waals surface area (Å²) < 4.78 is 1.09. The fourth-order valence-electron chi connectivity index (χ4n) is 1.75. The Kier molecular flexibility index (Phi) is 6.86. The van der Waals surface area contributed by atoms with Gasteiger partial charge in [-0.15, -0.1) is 0 Å². The third-order valence-corrected chi connectivity index (χ3v) is 3.52. The number of nitrogens with two attached hydrogens (primary N) is 1. The van der Waals surface area contributed by atoms with Crippen LogP contribution in [0.2, 0.25) is 0 Å². The summed E-state index contributed by atoms with van der Waals surface area (Å²) in [6.07, 6.45) is 0.986. The molecule has 0 bridgehead atoms. The second kappa shape index (κ2) is 7.89. The Morgan fingerprint density at radius 2 is 1.89 bits per heavy atom. The van der Waals surface area contributed by atoms with Gasteiger partial charge in [-0.25, -0.2) is 0 Å². The maximum absolute atomic E-state index is 6.21. The van der Waals surface area contributed by atoms with Crippen LogP contribution in [-0.2, 0) is 0 Å². The molecule has 0 saturated carbocycles. The number of halogens is 1. The van der Waals surface area contributed by atoms with E-state index >= 15 is 0 Å². The smallest absolute Gasteiger partial charge is 0.0307 e. The van der Waals surface area contributed by atoms with Gasteiger partial charge in [0.1, 0.15) is 0 Å². The number of hydrogen-bond acceptors (Lipinski definition) is 3. The average Bonchev–Trinajstić information content (AvgIpc) is 2.33. The van der Waals surface area contributed by atoms with E-state index in [1.165, 1.54) is 5.56 Å². The normalized spacial score (nSPS) is 13.3. The molecule has 0 aromatic heterocycles. The summed E-state index contributed by atoms with van der Waals surface area (Å²) in [5.41, 5.74) is 7.41. The highest BCUT2D eigenvalue weighted by Gasteiger charge is 2.08. The molecule has 0 aliphatic rings. The second-order valence-corrected chi connectivity index (χ2v) is 5.97. The van der Waals surface area contributed by atoms with Crippen LogP contribution in [0.5, 0.6) is 0 Å². The summed E-state index contributed by atoms with van der Waals surface area (Å²) in [6.45, 7) is 3.20. The van der Waals surface area contributed by atoms with Gasteiger partial charge >= 0.3 is 0 Å². The molecular formula is C14H24BrN3. The quantitative estimate of drug-likeness (QED) is 0.838. The van der Waals surface area contributed by atoms with Crippen LogP contribution in [0.4, 0.5) is 0 Å². The van der Waals surface area contributed by atoms with Crippen molar-refractivity contribution < 1.29 is 0 Å². The van der Waals surface area contributed by atoms with Crippen molar-refractivity contribution in [2.45, 2.75) is 12.5 Å². The third kappa shape index (κ3) is 5.96. The van der Waals surface area contributed by atoms with Gasteiger partial charge in [-0.2, -0.15) is 0 Å². The van der Waals surface area contributed by atoms with Gasteiger partial charge in [-0.1, -0.05) is 28.1 Å². The standard InChI is InChI=1S/C14H24BrN3/c1-17(2)9-10-18(3)8-7-14(16)12-5-4-6-13(15)11-12/h4-6,11,14H,7-10,16H2,1-3H3. The number of likely N-dealkylation sites (N-methyl/N-ethyl adjacent to an activating group) is 2. The Bertz CT molecular complexity index is 355. The van der Waals surface area contributed by atoms with Gasteiger partial charge in [0.05, 0.1) is 0 Å². The van der Waals surface area contributed by atoms with E-state index in [2.05, 4.69) is 59.0 Å². The largest absolute Gasteiger partial charge is 0.324 e. The van der Waals surface area contributed by atoms with Crippen molar-refractivity contribution in [1.82, 2.24) is 9.80 Å². The molecule has 4 heteroatoms. The Morgan fingerprint density at radius 1 is 1.17 bits per heavy atom. The van der Waals surface area contributed by atoms with Crippen LogP contribution in [0.15, 0.2) is 28.7 Å². The Hall–Kier alpha value is -0.420. The van der Waals surface area contributed by atoms with Crippen LogP contribution in [0.25, 0.3) is 0 Å². The SMILES string of the molecule is CN(C)CCN(C)CCC(N)c1cccc(Br)c1. The number of hydrogen-bond donors (Lipinski definition) is 1. The molecule has 3 nitrogen and oxygen atoms in total. The minimum absolute atomic E-state index is 0.115. The van der Waals surface area contributed by atoms with Crippen LogP contribution in [-0.4, -0.2) is 50.6 Å². The highest BCUT2D eigenvalue weighted by atomic mass is 79.9. The van der Waals surface area contributed by atoms with Crippen molar-refractivity contribution in [3.05, 3.63) is 34.3 Å². The van der Waals surface area contributed by atoms with Gasteiger partial charge in [-0.3, -0.25) is 0 Å². The zero-order chi connectivity index (χ0) is 13.5. The Morgan fingerprint density at radius 3 is 2.50 bits per heavy atom. The molecule has 0 fully saturated rings. The van der Waals surface area contributed by atoms with E-state index in [1.54, 1.807) is 0 Å². The number of nitrogens with zero attached hydrogens (tertiary/aromatic N) is 2. The summed E-state index contributed by atoms with van der Waals surface area (Å²) in [6, 6.07) is 8.37. The molecule has 1 unspecified atom stereocenters. The number of rotatable bonds is 7. The third-order valence-electron chi connectivity index (χ3n) is 3.03. The van der Waals surface area contributed by atoms with Crippen molar-refractivity contribution >= 4 is 15.9 Å². The first-order valence-corrected chi connectivity index (χ1v) is 7.12. The van der Waals surface area contributed by atoms with Crippen LogP contribution in [0.1, 0.15) is 18.0 Å². The fourth-order valence-corrected chi connectivity index (χ4v) is 2.16. The van der Waals surface area contributed by atoms with Gasteiger partial charge in [-0.05, 0) is 51.8 Å². The lowest BCUT2D eigenvalue weighted by Crippen LogP contribution is -2.30. The maximum atomic E-state index is 6.21. The molecule has 18 heavy (non-hydrogen) atoms. The van der Waals surface area contributed by atoms with Gasteiger partial charge < -0.3 is 15.5 Å². The van der Waals surface area contributed by atoms with E-state index in [0.717, 1.165) is 30.5 Å². The fraction of sp³-hybridized carbons (Fsp3) is 0.571. The van der Waals surface area contributed by atoms with Crippen molar-refractivity contribution in [3.8, 4) is 0 Å². The van der Waals surface area contributed by atoms with Crippen molar-refractivity contribution in [1.29, 1.82) is 0 Å². The highest BCUT2D eigenvalue weighted by molar-refractivity contribution is 9.10. The zero-order valence-electron chi connectivity index (χ0n) is 11.6. The van der Waals surface area contributed by atoms with Crippen LogP contribution in [0.3, 0.4) is 0 Å². The molecular weight excluding hydrogens is 290 g/mol. The van der Waals surface area contributed by atoms with Crippen LogP contribution < -0.4 is 5.73 Å². The first-order chi connectivity index (χ1) is 8.49. The highest BCUT2D eigenvalue weighted by Crippen LogP contribution is 2.18. The van der Waals surface area contributed by atoms with Crippen molar-refractivity contribution in [2.75, 3.05) is 40.8 Å². The number of benzene rings is 1. The summed E-state index contributed by atoms with van der Waals surface area (Å²) in [5, 5.41) is 0. The summed E-state index contributed by atoms with van der Waals surface area (Å²) in [4.78, 5) is 4.53. The molecule has 0 amide bonds. The summed E-state index contributed by atoms with van der Waals surface area (Å²) in [7, 11) is 6.35. The monoisotopic (exact) mass is 313 g/mol. The molecule has 2 N–H and O–H groups in total. The summed E-state index contributed by atoms with van der Waals surface area (Å²) >= 11 is 3.48. The maximum Gasteiger partial charge on any atom is 0.0307 e. The molecule has 0 radical (unpaired) electrons. The van der Waals surface area contributed by atoms with Gasteiger partial charge in [0.2, 0.25) is 0 Å². The van der Waals surface area contributed by atoms with Crippen LogP contribution >= 0.6 is 15.9 Å². The lowest BCUT2D eigenvalue weighted by molar-refractivity contribution is 0.274. The molecule has 102 valence electrons. The van der Waals surface area contributed by atoms with Crippen molar-refractivity contribution in [3.63, 3.8) is 0 Å². The van der Waals surface area contributed by atoms with E-state index in [0.29, 0.717) is 0 Å². The van der Waals surface area contributed by atoms with E-state index in [4.69, 9.17) is 5.73 Å². The molecule has 0 spiro atoms. The predicted octanol–water partition coefficient (Wildman–Crippen LogP) is 2.33. The first kappa shape index (κ1) is 15.6. The topological polar surface area (TPSA) is 32.5 Å². The molecule has 0 aliphatic heterocycles. The molecule has 0 aliphatic carbocycles. The van der Waals surface area contributed by atoms with E-state index in [9.17, 15) is 0 Å². The van der Waals surface area contributed by atoms with E-state index < -0.39 is 0 Å². The molecule has 0 heterocycles. The van der Waals surface area contributed by atoms with Crippen LogP contribution in [0, 0.1) is 0 Å². The first-order valence-electron chi connectivity index (χ1n) is 6.33. The Balaban J connectivity index is 2.34.